The van der Waals surface area contributed by atoms with Crippen LogP contribution in [0, 0.1) is 18.3 Å². The second-order valence-corrected chi connectivity index (χ2v) is 6.59. The van der Waals surface area contributed by atoms with Gasteiger partial charge in [0.05, 0.1) is 0 Å². The summed E-state index contributed by atoms with van der Waals surface area (Å²) in [6, 6.07) is 14.7. The summed E-state index contributed by atoms with van der Waals surface area (Å²) < 4.78 is 0. The minimum Gasteiger partial charge on any atom is -0.299 e. The molecule has 0 saturated heterocycles. The van der Waals surface area contributed by atoms with Gasteiger partial charge < -0.3 is 0 Å². The predicted molar refractivity (Wildman–Crippen MR) is 85.6 cm³/mol. The van der Waals surface area contributed by atoms with Gasteiger partial charge in [-0.1, -0.05) is 63.2 Å². The third kappa shape index (κ3) is 3.47. The van der Waals surface area contributed by atoms with Crippen LogP contribution in [0.25, 0.3) is 10.8 Å². The first-order valence-electron chi connectivity index (χ1n) is 7.21. The molecule has 2 rings (SSSR count). The zero-order valence-corrected chi connectivity index (χ0v) is 12.6. The number of carbonyl (C=O) groups excluding carboxylic acids is 1. The van der Waals surface area contributed by atoms with Crippen LogP contribution in [-0.2, 0) is 11.2 Å². The minimum atomic E-state index is -0.269. The molecule has 0 fully saturated rings. The SMILES string of the molecule is [CH2]C(CC(=O)C(C)(C)C)Cc1cccc2ccccc12. The van der Waals surface area contributed by atoms with Crippen LogP contribution in [0.3, 0.4) is 0 Å². The molecule has 1 radical (unpaired) electrons. The monoisotopic (exact) mass is 267 g/mol. The smallest absolute Gasteiger partial charge is 0.138 e. The van der Waals surface area contributed by atoms with E-state index in [9.17, 15) is 4.79 Å². The Hall–Kier alpha value is -1.63. The van der Waals surface area contributed by atoms with Crippen molar-refractivity contribution in [2.75, 3.05) is 0 Å². The van der Waals surface area contributed by atoms with Gasteiger partial charge in [-0.25, -0.2) is 0 Å². The molecular weight excluding hydrogens is 244 g/mol. The molecule has 105 valence electrons. The molecule has 0 heterocycles. The number of ketones is 1. The number of Topliss-reactive ketones (excluding diaryl/α,β-unsaturated/α-hetero) is 1. The molecule has 1 atom stereocenters. The lowest BCUT2D eigenvalue weighted by atomic mass is 9.83. The van der Waals surface area contributed by atoms with Gasteiger partial charge in [0.1, 0.15) is 5.78 Å². The molecule has 1 unspecified atom stereocenters. The maximum atomic E-state index is 12.1. The van der Waals surface area contributed by atoms with Crippen molar-refractivity contribution in [3.63, 3.8) is 0 Å². The molecule has 0 bridgehead atoms. The molecule has 20 heavy (non-hydrogen) atoms. The van der Waals surface area contributed by atoms with E-state index in [0.717, 1.165) is 6.42 Å². The van der Waals surface area contributed by atoms with E-state index in [0.29, 0.717) is 6.42 Å². The second-order valence-electron chi connectivity index (χ2n) is 6.59. The van der Waals surface area contributed by atoms with Gasteiger partial charge in [-0.15, -0.1) is 0 Å². The molecule has 0 saturated carbocycles. The number of hydrogen-bond donors (Lipinski definition) is 0. The molecule has 0 aromatic heterocycles. The van der Waals surface area contributed by atoms with Crippen molar-refractivity contribution < 1.29 is 4.79 Å². The molecule has 0 N–H and O–H groups in total. The fraction of sp³-hybridized carbons (Fsp3) is 0.368. The predicted octanol–water partition coefficient (Wildman–Crippen LogP) is 4.84. The Bertz CT molecular complexity index is 599. The molecule has 0 aliphatic heterocycles. The summed E-state index contributed by atoms with van der Waals surface area (Å²) in [7, 11) is 0. The molecule has 0 aliphatic carbocycles. The zero-order chi connectivity index (χ0) is 14.8. The van der Waals surface area contributed by atoms with Crippen LogP contribution in [0.15, 0.2) is 42.5 Å². The number of carbonyl (C=O) groups is 1. The highest BCUT2D eigenvalue weighted by Gasteiger charge is 2.23. The zero-order valence-electron chi connectivity index (χ0n) is 12.6. The molecule has 1 heteroatoms. The van der Waals surface area contributed by atoms with Crippen molar-refractivity contribution in [3.05, 3.63) is 55.0 Å². The molecule has 0 aliphatic rings. The largest absolute Gasteiger partial charge is 0.299 e. The quantitative estimate of drug-likeness (QED) is 0.774. The summed E-state index contributed by atoms with van der Waals surface area (Å²) >= 11 is 0. The van der Waals surface area contributed by atoms with E-state index in [1.165, 1.54) is 16.3 Å². The Morgan fingerprint density at radius 1 is 1.10 bits per heavy atom. The van der Waals surface area contributed by atoms with Crippen molar-refractivity contribution in [1.82, 2.24) is 0 Å². The Balaban J connectivity index is 2.14. The second kappa shape index (κ2) is 5.78. The van der Waals surface area contributed by atoms with E-state index >= 15 is 0 Å². The third-order valence-corrected chi connectivity index (χ3v) is 3.70. The molecule has 0 amide bonds. The van der Waals surface area contributed by atoms with Gasteiger partial charge in [0.15, 0.2) is 0 Å². The number of fused-ring (bicyclic) bond motifs is 1. The van der Waals surface area contributed by atoms with Crippen LogP contribution in [0.1, 0.15) is 32.8 Å². The molecule has 1 nitrogen and oxygen atoms in total. The highest BCUT2D eigenvalue weighted by molar-refractivity contribution is 5.86. The summed E-state index contributed by atoms with van der Waals surface area (Å²) in [5.74, 6) is 0.422. The Kier molecular flexibility index (Phi) is 4.27. The highest BCUT2D eigenvalue weighted by Crippen LogP contribution is 2.25. The summed E-state index contributed by atoms with van der Waals surface area (Å²) in [6.07, 6.45) is 1.40. The topological polar surface area (TPSA) is 17.1 Å². The maximum absolute atomic E-state index is 12.1. The van der Waals surface area contributed by atoms with Gasteiger partial charge in [-0.3, -0.25) is 4.79 Å². The minimum absolute atomic E-state index is 0.132. The maximum Gasteiger partial charge on any atom is 0.138 e. The Morgan fingerprint density at radius 2 is 1.75 bits per heavy atom. The summed E-state index contributed by atoms with van der Waals surface area (Å²) in [6.45, 7) is 10.1. The van der Waals surface area contributed by atoms with E-state index in [4.69, 9.17) is 0 Å². The lowest BCUT2D eigenvalue weighted by Crippen LogP contribution is -2.22. The number of rotatable bonds is 4. The molecule has 2 aromatic carbocycles. The third-order valence-electron chi connectivity index (χ3n) is 3.70. The van der Waals surface area contributed by atoms with E-state index in [-0.39, 0.29) is 17.1 Å². The van der Waals surface area contributed by atoms with Crippen molar-refractivity contribution >= 4 is 16.6 Å². The van der Waals surface area contributed by atoms with Crippen molar-refractivity contribution in [1.29, 1.82) is 0 Å². The average molecular weight is 267 g/mol. The van der Waals surface area contributed by atoms with Crippen LogP contribution >= 0.6 is 0 Å². The van der Waals surface area contributed by atoms with Gasteiger partial charge >= 0.3 is 0 Å². The number of hydrogen-bond acceptors (Lipinski definition) is 1. The number of benzene rings is 2. The highest BCUT2D eigenvalue weighted by atomic mass is 16.1. The first-order chi connectivity index (χ1) is 9.38. The van der Waals surface area contributed by atoms with Gasteiger partial charge in [-0.2, -0.15) is 0 Å². The fourth-order valence-corrected chi connectivity index (χ4v) is 2.42. The van der Waals surface area contributed by atoms with Crippen molar-refractivity contribution in [2.24, 2.45) is 11.3 Å². The molecule has 2 aromatic rings. The van der Waals surface area contributed by atoms with Crippen LogP contribution in [0.5, 0.6) is 0 Å². The molecule has 0 spiro atoms. The Labute approximate surface area is 122 Å². The average Bonchev–Trinajstić information content (AvgIpc) is 2.38. The van der Waals surface area contributed by atoms with E-state index < -0.39 is 0 Å². The summed E-state index contributed by atoms with van der Waals surface area (Å²) in [5.41, 5.74) is 1.01. The fourth-order valence-electron chi connectivity index (χ4n) is 2.42. The van der Waals surface area contributed by atoms with Gasteiger partial charge in [0.2, 0.25) is 0 Å². The molecular formula is C19H23O. The van der Waals surface area contributed by atoms with E-state index in [1.807, 2.05) is 20.8 Å². The Morgan fingerprint density at radius 3 is 2.45 bits per heavy atom. The normalized spacial score (nSPS) is 13.4. The van der Waals surface area contributed by atoms with E-state index in [2.05, 4.69) is 49.4 Å². The van der Waals surface area contributed by atoms with Crippen LogP contribution in [0.4, 0.5) is 0 Å². The standard InChI is InChI=1S/C19H23O/c1-14(13-18(20)19(2,3)4)12-16-10-7-9-15-8-5-6-11-17(15)16/h5-11,14H,1,12-13H2,2-4H3. The first kappa shape index (κ1) is 14.8. The van der Waals surface area contributed by atoms with Crippen LogP contribution in [-0.4, -0.2) is 5.78 Å². The van der Waals surface area contributed by atoms with Gasteiger partial charge in [-0.05, 0) is 35.6 Å². The van der Waals surface area contributed by atoms with Crippen molar-refractivity contribution in [2.45, 2.75) is 33.6 Å². The lowest BCUT2D eigenvalue weighted by Gasteiger charge is -2.20. The first-order valence-corrected chi connectivity index (χ1v) is 7.21. The summed E-state index contributed by atoms with van der Waals surface area (Å²) in [4.78, 5) is 12.1. The van der Waals surface area contributed by atoms with Gasteiger partial charge in [0, 0.05) is 11.8 Å². The van der Waals surface area contributed by atoms with E-state index in [1.54, 1.807) is 0 Å². The summed E-state index contributed by atoms with van der Waals surface area (Å²) in [5, 5.41) is 2.52. The van der Waals surface area contributed by atoms with Crippen LogP contribution < -0.4 is 0 Å². The lowest BCUT2D eigenvalue weighted by molar-refractivity contribution is -0.126. The van der Waals surface area contributed by atoms with Crippen molar-refractivity contribution in [3.8, 4) is 0 Å². The van der Waals surface area contributed by atoms with Gasteiger partial charge in [0.25, 0.3) is 0 Å². The van der Waals surface area contributed by atoms with Crippen LogP contribution in [0.2, 0.25) is 0 Å².